The van der Waals surface area contributed by atoms with Gasteiger partial charge in [-0.05, 0) is 12.8 Å². The predicted molar refractivity (Wildman–Crippen MR) is 78.3 cm³/mol. The van der Waals surface area contributed by atoms with Crippen LogP contribution >= 0.6 is 0 Å². The first-order valence-corrected chi connectivity index (χ1v) is 7.52. The summed E-state index contributed by atoms with van der Waals surface area (Å²) in [5.74, 6) is -0.267. The number of nitriles is 1. The minimum Gasteiger partial charge on any atom is -0.469 e. The highest BCUT2D eigenvalue weighted by Crippen LogP contribution is 2.28. The normalized spacial score (nSPS) is 16.4. The van der Waals surface area contributed by atoms with Crippen LogP contribution in [0.25, 0.3) is 0 Å². The third-order valence-corrected chi connectivity index (χ3v) is 4.35. The number of carbonyl (C=O) groups excluding carboxylic acids is 2. The lowest BCUT2D eigenvalue weighted by Gasteiger charge is -2.38. The van der Waals surface area contributed by atoms with Gasteiger partial charge in [-0.3, -0.25) is 14.5 Å². The van der Waals surface area contributed by atoms with Crippen LogP contribution in [0.3, 0.4) is 0 Å². The molecule has 0 saturated carbocycles. The molecule has 0 aliphatic carbocycles. The Morgan fingerprint density at radius 1 is 1.19 bits per heavy atom. The lowest BCUT2D eigenvalue weighted by Crippen LogP contribution is -2.53. The first-order valence-electron chi connectivity index (χ1n) is 7.52. The summed E-state index contributed by atoms with van der Waals surface area (Å²) in [7, 11) is 1.38. The topological polar surface area (TPSA) is 73.6 Å². The number of esters is 1. The Hall–Kier alpha value is -1.61. The van der Waals surface area contributed by atoms with Crippen molar-refractivity contribution in [1.82, 2.24) is 9.80 Å². The van der Waals surface area contributed by atoms with Gasteiger partial charge in [0.1, 0.15) is 5.41 Å². The third-order valence-electron chi connectivity index (χ3n) is 4.35. The smallest absolute Gasteiger partial charge is 0.306 e. The SMILES string of the molecule is CCC(C#N)(CC)C(=O)N1CCN(CCC(=O)OC)CC1. The molecule has 0 unspecified atom stereocenters. The summed E-state index contributed by atoms with van der Waals surface area (Å²) < 4.78 is 4.62. The van der Waals surface area contributed by atoms with E-state index in [1.807, 2.05) is 13.8 Å². The molecule has 0 bridgehead atoms. The zero-order valence-corrected chi connectivity index (χ0v) is 13.2. The molecule has 0 spiro atoms. The van der Waals surface area contributed by atoms with E-state index in [-0.39, 0.29) is 11.9 Å². The van der Waals surface area contributed by atoms with E-state index in [0.29, 0.717) is 38.9 Å². The Morgan fingerprint density at radius 2 is 1.76 bits per heavy atom. The average molecular weight is 295 g/mol. The molecule has 1 rings (SSSR count). The molecular weight excluding hydrogens is 270 g/mol. The van der Waals surface area contributed by atoms with Gasteiger partial charge in [-0.15, -0.1) is 0 Å². The molecule has 1 heterocycles. The molecule has 0 radical (unpaired) electrons. The van der Waals surface area contributed by atoms with Crippen LogP contribution < -0.4 is 0 Å². The lowest BCUT2D eigenvalue weighted by molar-refractivity contribution is -0.143. The number of rotatable bonds is 6. The number of carbonyl (C=O) groups is 2. The number of piperazine rings is 1. The molecule has 0 aromatic rings. The first-order chi connectivity index (χ1) is 10.0. The van der Waals surface area contributed by atoms with Crippen molar-refractivity contribution in [3.63, 3.8) is 0 Å². The fourth-order valence-electron chi connectivity index (χ4n) is 2.59. The molecule has 6 heteroatoms. The molecule has 1 amide bonds. The Balaban J connectivity index is 2.51. The van der Waals surface area contributed by atoms with Crippen LogP contribution in [-0.2, 0) is 14.3 Å². The Morgan fingerprint density at radius 3 is 2.19 bits per heavy atom. The number of nitrogens with zero attached hydrogens (tertiary/aromatic N) is 3. The van der Waals surface area contributed by atoms with Gasteiger partial charge in [0.05, 0.1) is 19.6 Å². The van der Waals surface area contributed by atoms with Gasteiger partial charge in [-0.1, -0.05) is 13.8 Å². The van der Waals surface area contributed by atoms with E-state index in [1.54, 1.807) is 4.90 Å². The third kappa shape index (κ3) is 4.18. The standard InChI is InChI=1S/C15H25N3O3/c1-4-15(5-2,12-16)14(20)18-10-8-17(9-11-18)7-6-13(19)21-3/h4-11H2,1-3H3. The molecule has 6 nitrogen and oxygen atoms in total. The molecule has 21 heavy (non-hydrogen) atoms. The molecular formula is C15H25N3O3. The van der Waals surface area contributed by atoms with Gasteiger partial charge < -0.3 is 9.64 Å². The van der Waals surface area contributed by atoms with Crippen LogP contribution in [0.1, 0.15) is 33.1 Å². The van der Waals surface area contributed by atoms with E-state index in [1.165, 1.54) is 7.11 Å². The van der Waals surface area contributed by atoms with Crippen LogP contribution in [0.4, 0.5) is 0 Å². The molecule has 0 N–H and O–H groups in total. The van der Waals surface area contributed by atoms with E-state index in [2.05, 4.69) is 15.7 Å². The minimum atomic E-state index is -0.881. The largest absolute Gasteiger partial charge is 0.469 e. The van der Waals surface area contributed by atoms with Gasteiger partial charge >= 0.3 is 5.97 Å². The second-order valence-corrected chi connectivity index (χ2v) is 5.36. The van der Waals surface area contributed by atoms with Crippen molar-refractivity contribution in [1.29, 1.82) is 5.26 Å². The van der Waals surface area contributed by atoms with E-state index >= 15 is 0 Å². The predicted octanol–water partition coefficient (Wildman–Crippen LogP) is 1.02. The van der Waals surface area contributed by atoms with Crippen molar-refractivity contribution in [2.45, 2.75) is 33.1 Å². The maximum Gasteiger partial charge on any atom is 0.306 e. The summed E-state index contributed by atoms with van der Waals surface area (Å²) in [5.41, 5.74) is -0.881. The highest BCUT2D eigenvalue weighted by molar-refractivity contribution is 5.85. The summed E-state index contributed by atoms with van der Waals surface area (Å²) in [4.78, 5) is 27.6. The summed E-state index contributed by atoms with van der Waals surface area (Å²) in [5, 5.41) is 9.34. The molecule has 118 valence electrons. The summed E-state index contributed by atoms with van der Waals surface area (Å²) in [6.45, 7) is 7.12. The van der Waals surface area contributed by atoms with Crippen LogP contribution in [-0.4, -0.2) is 61.5 Å². The van der Waals surface area contributed by atoms with Crippen LogP contribution in [0.15, 0.2) is 0 Å². The van der Waals surface area contributed by atoms with Crippen molar-refractivity contribution in [2.75, 3.05) is 39.8 Å². The number of methoxy groups -OCH3 is 1. The second kappa shape index (κ2) is 7.99. The monoisotopic (exact) mass is 295 g/mol. The second-order valence-electron chi connectivity index (χ2n) is 5.36. The van der Waals surface area contributed by atoms with E-state index in [4.69, 9.17) is 0 Å². The van der Waals surface area contributed by atoms with Gasteiger partial charge in [0, 0.05) is 32.7 Å². The summed E-state index contributed by atoms with van der Waals surface area (Å²) in [6, 6.07) is 2.20. The van der Waals surface area contributed by atoms with Gasteiger partial charge in [-0.25, -0.2) is 0 Å². The van der Waals surface area contributed by atoms with Crippen molar-refractivity contribution in [3.8, 4) is 6.07 Å². The first kappa shape index (κ1) is 17.4. The highest BCUT2D eigenvalue weighted by atomic mass is 16.5. The van der Waals surface area contributed by atoms with Crippen molar-refractivity contribution >= 4 is 11.9 Å². The quantitative estimate of drug-likeness (QED) is 0.684. The fraction of sp³-hybridized carbons (Fsp3) is 0.800. The van der Waals surface area contributed by atoms with E-state index in [0.717, 1.165) is 13.1 Å². The Bertz CT molecular complexity index is 405. The maximum atomic E-state index is 12.5. The minimum absolute atomic E-state index is 0.0531. The fourth-order valence-corrected chi connectivity index (χ4v) is 2.59. The van der Waals surface area contributed by atoms with Crippen molar-refractivity contribution in [3.05, 3.63) is 0 Å². The van der Waals surface area contributed by atoms with Gasteiger partial charge in [-0.2, -0.15) is 5.26 Å². The highest BCUT2D eigenvalue weighted by Gasteiger charge is 2.39. The molecule has 0 aromatic carbocycles. The number of hydrogen-bond acceptors (Lipinski definition) is 5. The summed E-state index contributed by atoms with van der Waals surface area (Å²) in [6.07, 6.45) is 1.46. The van der Waals surface area contributed by atoms with Gasteiger partial charge in [0.2, 0.25) is 5.91 Å². The molecule has 1 aliphatic rings. The molecule has 1 aliphatic heterocycles. The lowest BCUT2D eigenvalue weighted by atomic mass is 9.82. The van der Waals surface area contributed by atoms with Gasteiger partial charge in [0.15, 0.2) is 0 Å². The average Bonchev–Trinajstić information content (AvgIpc) is 2.55. The molecule has 1 saturated heterocycles. The van der Waals surface area contributed by atoms with Crippen molar-refractivity contribution in [2.24, 2.45) is 5.41 Å². The van der Waals surface area contributed by atoms with Crippen LogP contribution in [0.2, 0.25) is 0 Å². The van der Waals surface area contributed by atoms with E-state index in [9.17, 15) is 14.9 Å². The van der Waals surface area contributed by atoms with Crippen LogP contribution in [0.5, 0.6) is 0 Å². The summed E-state index contributed by atoms with van der Waals surface area (Å²) >= 11 is 0. The van der Waals surface area contributed by atoms with Crippen molar-refractivity contribution < 1.29 is 14.3 Å². The van der Waals surface area contributed by atoms with Crippen LogP contribution in [0, 0.1) is 16.7 Å². The number of hydrogen-bond donors (Lipinski definition) is 0. The number of amides is 1. The zero-order chi connectivity index (χ0) is 15.9. The Labute approximate surface area is 126 Å². The Kier molecular flexibility index (Phi) is 6.63. The maximum absolute atomic E-state index is 12.5. The molecule has 0 aromatic heterocycles. The zero-order valence-electron chi connectivity index (χ0n) is 13.2. The van der Waals surface area contributed by atoms with E-state index < -0.39 is 5.41 Å². The molecule has 0 atom stereocenters. The molecule has 1 fully saturated rings. The van der Waals surface area contributed by atoms with Gasteiger partial charge in [0.25, 0.3) is 0 Å². The number of ether oxygens (including phenoxy) is 1.